The Morgan fingerprint density at radius 3 is 2.60 bits per heavy atom. The number of aromatic nitrogens is 1. The topological polar surface area (TPSA) is 50.7 Å². The Bertz CT molecular complexity index is 582. The highest BCUT2D eigenvalue weighted by atomic mass is 16.5. The molecule has 1 aromatic carbocycles. The van der Waals surface area contributed by atoms with Gasteiger partial charge in [0.15, 0.2) is 0 Å². The van der Waals surface area contributed by atoms with Gasteiger partial charge in [0.05, 0.1) is 5.39 Å². The number of aryl methyl sites for hydroxylation is 1. The number of fused-ring (bicyclic) bond motifs is 1. The van der Waals surface area contributed by atoms with Gasteiger partial charge in [-0.1, -0.05) is 12.1 Å². The van der Waals surface area contributed by atoms with E-state index in [2.05, 4.69) is 6.07 Å². The lowest BCUT2D eigenvalue weighted by Crippen LogP contribution is -2.32. The fourth-order valence-electron chi connectivity index (χ4n) is 1.82. The second kappa shape index (κ2) is 3.25. The van der Waals surface area contributed by atoms with Crippen molar-refractivity contribution in [2.24, 2.45) is 0 Å². The summed E-state index contributed by atoms with van der Waals surface area (Å²) < 4.78 is 0.820. The highest BCUT2D eigenvalue weighted by Gasteiger charge is 2.16. The van der Waals surface area contributed by atoms with E-state index in [0.717, 1.165) is 15.7 Å². The van der Waals surface area contributed by atoms with E-state index < -0.39 is 0 Å². The maximum absolute atomic E-state index is 11.8. The lowest BCUT2D eigenvalue weighted by molar-refractivity contribution is -0.584. The van der Waals surface area contributed by atoms with E-state index in [1.165, 1.54) is 0 Å². The van der Waals surface area contributed by atoms with Crippen LogP contribution < -0.4 is 4.73 Å². The van der Waals surface area contributed by atoms with Crippen molar-refractivity contribution in [2.45, 2.75) is 13.8 Å². The Labute approximate surface area is 87.8 Å². The van der Waals surface area contributed by atoms with E-state index in [-0.39, 0.29) is 0 Å². The van der Waals surface area contributed by atoms with E-state index in [4.69, 9.17) is 5.26 Å². The summed E-state index contributed by atoms with van der Waals surface area (Å²) in [5.74, 6) is 0. The van der Waals surface area contributed by atoms with Gasteiger partial charge in [0, 0.05) is 13.0 Å². The van der Waals surface area contributed by atoms with Crippen molar-refractivity contribution in [1.29, 1.82) is 5.26 Å². The number of nitriles is 1. The number of hydrogen-bond acceptors (Lipinski definition) is 2. The molecule has 0 fully saturated rings. The number of benzene rings is 1. The van der Waals surface area contributed by atoms with Crippen LogP contribution in [0.3, 0.4) is 0 Å². The highest BCUT2D eigenvalue weighted by Crippen LogP contribution is 2.19. The molecule has 0 saturated carbocycles. The molecule has 0 saturated heterocycles. The van der Waals surface area contributed by atoms with Crippen LogP contribution in [0.5, 0.6) is 0 Å². The van der Waals surface area contributed by atoms with E-state index in [9.17, 15) is 5.21 Å². The third-order valence-corrected chi connectivity index (χ3v) is 2.68. The molecule has 0 N–H and O–H groups in total. The number of nitrogens with zero attached hydrogens (tertiary/aromatic N) is 2. The van der Waals surface area contributed by atoms with Crippen LogP contribution in [-0.2, 0) is 0 Å². The first-order valence-electron chi connectivity index (χ1n) is 4.68. The van der Waals surface area contributed by atoms with Gasteiger partial charge in [0.1, 0.15) is 11.6 Å². The fraction of sp³-hybridized carbons (Fsp3) is 0.167. The zero-order valence-corrected chi connectivity index (χ0v) is 8.61. The maximum atomic E-state index is 11.8. The van der Waals surface area contributed by atoms with Crippen molar-refractivity contribution >= 4 is 10.9 Å². The van der Waals surface area contributed by atoms with Crippen molar-refractivity contribution < 1.29 is 4.73 Å². The lowest BCUT2D eigenvalue weighted by Gasteiger charge is -2.09. The largest absolute Gasteiger partial charge is 0.618 e. The molecular formula is C12H10N2O. The van der Waals surface area contributed by atoms with Gasteiger partial charge in [-0.3, -0.25) is 0 Å². The molecule has 0 amide bonds. The van der Waals surface area contributed by atoms with Gasteiger partial charge in [0.2, 0.25) is 11.2 Å². The number of hydrogen-bond donors (Lipinski definition) is 0. The summed E-state index contributed by atoms with van der Waals surface area (Å²) in [4.78, 5) is 0. The average molecular weight is 198 g/mol. The summed E-state index contributed by atoms with van der Waals surface area (Å²) in [6.45, 7) is 3.54. The normalized spacial score (nSPS) is 10.2. The van der Waals surface area contributed by atoms with Gasteiger partial charge in [-0.2, -0.15) is 9.99 Å². The molecule has 1 heterocycles. The molecule has 0 aliphatic carbocycles. The lowest BCUT2D eigenvalue weighted by atomic mass is 10.0. The molecule has 0 atom stereocenters. The molecule has 1 aromatic heterocycles. The molecular weight excluding hydrogens is 188 g/mol. The zero-order chi connectivity index (χ0) is 11.0. The maximum Gasteiger partial charge on any atom is 0.224 e. The van der Waals surface area contributed by atoms with E-state index in [1.54, 1.807) is 13.0 Å². The first-order chi connectivity index (χ1) is 7.16. The predicted molar refractivity (Wildman–Crippen MR) is 57.1 cm³/mol. The minimum atomic E-state index is 0.466. The molecule has 3 heteroatoms. The standard InChI is InChI=1S/C12H10N2O/c1-8-10-5-3-4-6-12(10)14(15)9(2)11(8)7-13/h3-6H,1-2H3. The molecule has 0 aliphatic rings. The molecule has 0 spiro atoms. The first-order valence-corrected chi connectivity index (χ1v) is 4.68. The van der Waals surface area contributed by atoms with Gasteiger partial charge in [-0.15, -0.1) is 0 Å². The molecule has 0 unspecified atom stereocenters. The minimum Gasteiger partial charge on any atom is -0.618 e. The van der Waals surface area contributed by atoms with Crippen LogP contribution in [0.1, 0.15) is 16.8 Å². The fourth-order valence-corrected chi connectivity index (χ4v) is 1.82. The molecule has 15 heavy (non-hydrogen) atoms. The average Bonchev–Trinajstić information content (AvgIpc) is 2.27. The number of pyridine rings is 1. The molecule has 0 aliphatic heterocycles. The first kappa shape index (κ1) is 9.47. The van der Waals surface area contributed by atoms with Crippen LogP contribution in [0.25, 0.3) is 10.9 Å². The van der Waals surface area contributed by atoms with Gasteiger partial charge < -0.3 is 5.21 Å². The van der Waals surface area contributed by atoms with Crippen molar-refractivity contribution in [1.82, 2.24) is 0 Å². The summed E-state index contributed by atoms with van der Waals surface area (Å²) in [5, 5.41) is 21.6. The summed E-state index contributed by atoms with van der Waals surface area (Å²) in [6, 6.07) is 9.39. The highest BCUT2D eigenvalue weighted by molar-refractivity contribution is 5.81. The van der Waals surface area contributed by atoms with Gasteiger partial charge in [-0.05, 0) is 18.6 Å². The van der Waals surface area contributed by atoms with Gasteiger partial charge >= 0.3 is 0 Å². The summed E-state index contributed by atoms with van der Waals surface area (Å²) in [6.07, 6.45) is 0. The Kier molecular flexibility index (Phi) is 2.05. The Morgan fingerprint density at radius 2 is 1.93 bits per heavy atom. The van der Waals surface area contributed by atoms with E-state index in [0.29, 0.717) is 16.8 Å². The second-order valence-electron chi connectivity index (χ2n) is 3.51. The smallest absolute Gasteiger partial charge is 0.224 e. The van der Waals surface area contributed by atoms with E-state index >= 15 is 0 Å². The quantitative estimate of drug-likeness (QED) is 0.480. The van der Waals surface area contributed by atoms with Crippen molar-refractivity contribution in [3.05, 3.63) is 46.3 Å². The van der Waals surface area contributed by atoms with Crippen molar-refractivity contribution in [3.63, 3.8) is 0 Å². The van der Waals surface area contributed by atoms with Gasteiger partial charge in [0.25, 0.3) is 0 Å². The molecule has 2 aromatic rings. The molecule has 74 valence electrons. The number of para-hydroxylation sites is 1. The molecule has 3 nitrogen and oxygen atoms in total. The summed E-state index contributed by atoms with van der Waals surface area (Å²) in [5.41, 5.74) is 2.43. The van der Waals surface area contributed by atoms with Crippen molar-refractivity contribution in [2.75, 3.05) is 0 Å². The van der Waals surface area contributed by atoms with Crippen LogP contribution >= 0.6 is 0 Å². The monoisotopic (exact) mass is 198 g/mol. The van der Waals surface area contributed by atoms with Crippen LogP contribution in [-0.4, -0.2) is 0 Å². The summed E-state index contributed by atoms with van der Waals surface area (Å²) in [7, 11) is 0. The van der Waals surface area contributed by atoms with Crippen LogP contribution in [0.2, 0.25) is 0 Å². The van der Waals surface area contributed by atoms with Gasteiger partial charge in [-0.25, -0.2) is 0 Å². The zero-order valence-electron chi connectivity index (χ0n) is 8.61. The Balaban J connectivity index is 3.04. The number of rotatable bonds is 0. The SMILES string of the molecule is Cc1c(C#N)c(C)[n+]([O-])c2ccccc12. The van der Waals surface area contributed by atoms with Crippen LogP contribution in [0.4, 0.5) is 0 Å². The third-order valence-electron chi connectivity index (χ3n) is 2.68. The third kappa shape index (κ3) is 1.23. The van der Waals surface area contributed by atoms with Crippen LogP contribution in [0, 0.1) is 30.4 Å². The Hall–Kier alpha value is -2.08. The molecule has 2 rings (SSSR count). The molecule has 0 bridgehead atoms. The Morgan fingerprint density at radius 1 is 1.27 bits per heavy atom. The molecule has 0 radical (unpaired) electrons. The summed E-state index contributed by atoms with van der Waals surface area (Å²) >= 11 is 0. The second-order valence-corrected chi connectivity index (χ2v) is 3.51. The van der Waals surface area contributed by atoms with E-state index in [1.807, 2.05) is 25.1 Å². The predicted octanol–water partition coefficient (Wildman–Crippen LogP) is 1.96. The van der Waals surface area contributed by atoms with Crippen LogP contribution in [0.15, 0.2) is 24.3 Å². The minimum absolute atomic E-state index is 0.466. The van der Waals surface area contributed by atoms with Crippen molar-refractivity contribution in [3.8, 4) is 6.07 Å².